The monoisotopic (exact) mass is 303 g/mol. The normalized spacial score (nSPS) is 20.6. The van der Waals surface area contributed by atoms with E-state index in [1.165, 1.54) is 10.3 Å². The van der Waals surface area contributed by atoms with Gasteiger partial charge in [-0.3, -0.25) is 0 Å². The zero-order valence-electron chi connectivity index (χ0n) is 13.6. The van der Waals surface area contributed by atoms with Gasteiger partial charge >= 0.3 is 7.12 Å². The summed E-state index contributed by atoms with van der Waals surface area (Å²) in [4.78, 5) is 1.32. The van der Waals surface area contributed by atoms with Crippen molar-refractivity contribution in [3.63, 3.8) is 0 Å². The van der Waals surface area contributed by atoms with E-state index in [1.807, 2.05) is 0 Å². The van der Waals surface area contributed by atoms with Crippen LogP contribution in [-0.4, -0.2) is 22.7 Å². The first-order chi connectivity index (χ1) is 9.71. The maximum Gasteiger partial charge on any atom is 0.494 e. The molecule has 1 aliphatic heterocycles. The summed E-state index contributed by atoms with van der Waals surface area (Å²) in [5.74, 6) is 0.480. The lowest BCUT2D eigenvalue weighted by atomic mass is 9.78. The lowest BCUT2D eigenvalue weighted by Crippen LogP contribution is -2.41. The van der Waals surface area contributed by atoms with Crippen molar-refractivity contribution in [3.8, 4) is 0 Å². The molecule has 0 N–H and O–H groups in total. The molecule has 3 rings (SSSR count). The van der Waals surface area contributed by atoms with Gasteiger partial charge in [-0.2, -0.15) is 4.37 Å². The summed E-state index contributed by atoms with van der Waals surface area (Å²) >= 11 is 1.59. The molecule has 112 valence electrons. The van der Waals surface area contributed by atoms with Gasteiger partial charge in [0.1, 0.15) is 0 Å². The minimum atomic E-state index is -0.306. The van der Waals surface area contributed by atoms with E-state index in [4.69, 9.17) is 9.31 Å². The van der Waals surface area contributed by atoms with Crippen LogP contribution in [0.25, 0.3) is 10.9 Å². The fraction of sp³-hybridized carbons (Fsp3) is 0.562. The summed E-state index contributed by atoms with van der Waals surface area (Å²) in [5, 5.41) is 1.22. The van der Waals surface area contributed by atoms with Gasteiger partial charge in [-0.05, 0) is 56.7 Å². The van der Waals surface area contributed by atoms with Crippen LogP contribution in [0.2, 0.25) is 0 Å². The molecule has 21 heavy (non-hydrogen) atoms. The fourth-order valence-corrected chi connectivity index (χ4v) is 3.35. The third kappa shape index (κ3) is 2.41. The molecule has 5 heteroatoms. The first-order valence-electron chi connectivity index (χ1n) is 7.46. The van der Waals surface area contributed by atoms with Crippen LogP contribution < -0.4 is 5.46 Å². The quantitative estimate of drug-likeness (QED) is 0.792. The summed E-state index contributed by atoms with van der Waals surface area (Å²) in [5.41, 5.74) is 1.52. The zero-order valence-corrected chi connectivity index (χ0v) is 14.4. The second kappa shape index (κ2) is 4.80. The molecular formula is C16H22BNO2S. The van der Waals surface area contributed by atoms with Crippen molar-refractivity contribution in [3.05, 3.63) is 23.1 Å². The molecule has 0 radical (unpaired) electrons. The highest BCUT2D eigenvalue weighted by atomic mass is 32.1. The number of hydrogen-bond acceptors (Lipinski definition) is 4. The van der Waals surface area contributed by atoms with E-state index >= 15 is 0 Å². The molecule has 2 aromatic rings. The van der Waals surface area contributed by atoms with E-state index in [1.54, 1.807) is 11.5 Å². The Bertz CT molecular complexity index is 662. The maximum atomic E-state index is 6.14. The van der Waals surface area contributed by atoms with Gasteiger partial charge in [0.05, 0.1) is 16.7 Å². The van der Waals surface area contributed by atoms with Crippen LogP contribution in [0.1, 0.15) is 52.3 Å². The fourth-order valence-electron chi connectivity index (χ4n) is 2.52. The van der Waals surface area contributed by atoms with Crippen LogP contribution in [0.15, 0.2) is 18.2 Å². The zero-order chi connectivity index (χ0) is 15.4. The first kappa shape index (κ1) is 15.0. The van der Waals surface area contributed by atoms with E-state index in [0.717, 1.165) is 11.0 Å². The van der Waals surface area contributed by atoms with Gasteiger partial charge in [-0.1, -0.05) is 26.0 Å². The summed E-state index contributed by atoms with van der Waals surface area (Å²) < 4.78 is 16.8. The summed E-state index contributed by atoms with van der Waals surface area (Å²) in [6, 6.07) is 6.31. The second-order valence-electron chi connectivity index (χ2n) is 7.07. The van der Waals surface area contributed by atoms with Crippen molar-refractivity contribution in [1.82, 2.24) is 4.37 Å². The van der Waals surface area contributed by atoms with Crippen molar-refractivity contribution < 1.29 is 9.31 Å². The lowest BCUT2D eigenvalue weighted by molar-refractivity contribution is 0.00578. The highest BCUT2D eigenvalue weighted by Gasteiger charge is 2.51. The Balaban J connectivity index is 2.01. The molecular weight excluding hydrogens is 281 g/mol. The van der Waals surface area contributed by atoms with Crippen LogP contribution in [0.5, 0.6) is 0 Å². The molecule has 0 atom stereocenters. The van der Waals surface area contributed by atoms with Crippen LogP contribution >= 0.6 is 11.5 Å². The minimum Gasteiger partial charge on any atom is -0.399 e. The molecule has 1 saturated heterocycles. The lowest BCUT2D eigenvalue weighted by Gasteiger charge is -2.32. The number of hydrogen-bond donors (Lipinski definition) is 0. The average Bonchev–Trinajstić information content (AvgIpc) is 2.87. The summed E-state index contributed by atoms with van der Waals surface area (Å²) in [6.07, 6.45) is 0. The van der Waals surface area contributed by atoms with Crippen molar-refractivity contribution in [1.29, 1.82) is 0 Å². The number of nitrogens with zero attached hydrogens (tertiary/aromatic N) is 1. The van der Waals surface area contributed by atoms with Crippen molar-refractivity contribution in [2.45, 2.75) is 58.7 Å². The summed E-state index contributed by atoms with van der Waals surface area (Å²) in [6.45, 7) is 12.7. The SMILES string of the molecule is CC(C)c1snc2ccc(B3OC(C)(C)C(C)(C)O3)cc12. The van der Waals surface area contributed by atoms with E-state index in [9.17, 15) is 0 Å². The molecule has 1 aromatic heterocycles. The van der Waals surface area contributed by atoms with Gasteiger partial charge in [0.25, 0.3) is 0 Å². The van der Waals surface area contributed by atoms with Crippen LogP contribution in [0, 0.1) is 0 Å². The Morgan fingerprint density at radius 3 is 2.29 bits per heavy atom. The smallest absolute Gasteiger partial charge is 0.399 e. The molecule has 1 aromatic carbocycles. The molecule has 3 nitrogen and oxygen atoms in total. The molecule has 0 unspecified atom stereocenters. The highest BCUT2D eigenvalue weighted by molar-refractivity contribution is 7.07. The molecule has 0 bridgehead atoms. The Labute approximate surface area is 131 Å². The largest absolute Gasteiger partial charge is 0.494 e. The second-order valence-corrected chi connectivity index (χ2v) is 7.87. The van der Waals surface area contributed by atoms with Crippen LogP contribution in [0.4, 0.5) is 0 Å². The number of benzene rings is 1. The number of rotatable bonds is 2. The van der Waals surface area contributed by atoms with Crippen LogP contribution in [0.3, 0.4) is 0 Å². The Morgan fingerprint density at radius 1 is 1.10 bits per heavy atom. The first-order valence-corrected chi connectivity index (χ1v) is 8.23. The van der Waals surface area contributed by atoms with E-state index in [-0.39, 0.29) is 18.3 Å². The van der Waals surface area contributed by atoms with Crippen molar-refractivity contribution in [2.24, 2.45) is 0 Å². The minimum absolute atomic E-state index is 0.305. The third-order valence-corrected chi connectivity index (χ3v) is 5.75. The molecule has 2 heterocycles. The predicted molar refractivity (Wildman–Crippen MR) is 89.4 cm³/mol. The third-order valence-electron chi connectivity index (χ3n) is 4.58. The molecule has 0 aliphatic carbocycles. The predicted octanol–water partition coefficient (Wildman–Crippen LogP) is 3.72. The van der Waals surface area contributed by atoms with Crippen molar-refractivity contribution >= 4 is 35.0 Å². The number of aromatic nitrogens is 1. The molecule has 0 spiro atoms. The average molecular weight is 303 g/mol. The summed E-state index contributed by atoms with van der Waals surface area (Å²) in [7, 11) is -0.306. The topological polar surface area (TPSA) is 31.4 Å². The molecule has 1 fully saturated rings. The van der Waals surface area contributed by atoms with E-state index < -0.39 is 0 Å². The molecule has 0 saturated carbocycles. The highest BCUT2D eigenvalue weighted by Crippen LogP contribution is 2.37. The number of fused-ring (bicyclic) bond motifs is 1. The van der Waals surface area contributed by atoms with Crippen LogP contribution in [-0.2, 0) is 9.31 Å². The van der Waals surface area contributed by atoms with Gasteiger partial charge in [-0.25, -0.2) is 0 Å². The Morgan fingerprint density at radius 2 is 1.71 bits per heavy atom. The van der Waals surface area contributed by atoms with E-state index in [2.05, 4.69) is 64.1 Å². The Hall–Kier alpha value is -0.905. The van der Waals surface area contributed by atoms with Gasteiger partial charge < -0.3 is 9.31 Å². The van der Waals surface area contributed by atoms with Gasteiger partial charge in [-0.15, -0.1) is 0 Å². The van der Waals surface area contributed by atoms with Gasteiger partial charge in [0.2, 0.25) is 0 Å². The molecule has 1 aliphatic rings. The van der Waals surface area contributed by atoms with Gasteiger partial charge in [0, 0.05) is 10.3 Å². The molecule has 0 amide bonds. The van der Waals surface area contributed by atoms with Gasteiger partial charge in [0.15, 0.2) is 0 Å². The van der Waals surface area contributed by atoms with E-state index in [0.29, 0.717) is 5.92 Å². The standard InChI is InChI=1S/C16H22BNO2S/c1-10(2)14-12-9-11(7-8-13(12)18-21-14)17-19-15(3,4)16(5,6)20-17/h7-10H,1-6H3. The van der Waals surface area contributed by atoms with Crippen molar-refractivity contribution in [2.75, 3.05) is 0 Å². The Kier molecular flexibility index (Phi) is 3.43. The maximum absolute atomic E-state index is 6.14.